The Morgan fingerprint density at radius 2 is 1.42 bits per heavy atom. The maximum Gasteiger partial charge on any atom is 0.512 e. The van der Waals surface area contributed by atoms with E-state index in [0.717, 1.165) is 50.0 Å². The lowest BCUT2D eigenvalue weighted by molar-refractivity contribution is -0.919. The van der Waals surface area contributed by atoms with Gasteiger partial charge in [0, 0.05) is 12.0 Å². The number of ether oxygens (including phenoxy) is 3. The molecule has 0 amide bonds. The third kappa shape index (κ3) is 14.7. The molecule has 1 aromatic rings. The second-order valence-electron chi connectivity index (χ2n) is 10.8. The Morgan fingerprint density at radius 3 is 2.08 bits per heavy atom. The van der Waals surface area contributed by atoms with Crippen LogP contribution in [0.2, 0.25) is 0 Å². The van der Waals surface area contributed by atoms with Gasteiger partial charge in [0.25, 0.3) is 5.88 Å². The summed E-state index contributed by atoms with van der Waals surface area (Å²) >= 11 is 1.19. The Morgan fingerprint density at radius 1 is 0.842 bits per heavy atom. The number of rotatable bonds is 21. The van der Waals surface area contributed by atoms with Crippen LogP contribution in [-0.2, 0) is 9.47 Å². The number of aromatic nitrogens is 2. The van der Waals surface area contributed by atoms with Gasteiger partial charge in [-0.15, -0.1) is 4.37 Å². The summed E-state index contributed by atoms with van der Waals surface area (Å²) in [5.74, 6) is 0.633. The summed E-state index contributed by atoms with van der Waals surface area (Å²) in [6.45, 7) is 7.50. The minimum Gasteiger partial charge on any atom is -1.00 e. The first kappa shape index (κ1) is 34.6. The highest BCUT2D eigenvalue weighted by Gasteiger charge is 2.31. The molecule has 0 aromatic carbocycles. The van der Waals surface area contributed by atoms with Gasteiger partial charge in [-0.05, 0) is 12.8 Å². The highest BCUT2D eigenvalue weighted by Crippen LogP contribution is 2.30. The number of carbonyl (C=O) groups is 1. The molecule has 38 heavy (non-hydrogen) atoms. The minimum absolute atomic E-state index is 0. The number of unbranched alkanes of at least 4 members (excludes halogenated alkanes) is 13. The fraction of sp³-hybridized carbons (Fsp3) is 0.828. The van der Waals surface area contributed by atoms with Crippen molar-refractivity contribution in [1.29, 1.82) is 0 Å². The zero-order chi connectivity index (χ0) is 26.6. The summed E-state index contributed by atoms with van der Waals surface area (Å²) in [7, 11) is 2.11. The summed E-state index contributed by atoms with van der Waals surface area (Å²) in [5.41, 5.74) is 1.95. The molecule has 2 rings (SSSR count). The minimum atomic E-state index is -0.561. The maximum atomic E-state index is 12.2. The normalized spacial score (nSPS) is 17.0. The molecule has 0 bridgehead atoms. The molecule has 0 N–H and O–H groups in total. The fourth-order valence-corrected chi connectivity index (χ4v) is 5.26. The van der Waals surface area contributed by atoms with E-state index in [1.165, 1.54) is 88.8 Å². The molecule has 1 aliphatic rings. The van der Waals surface area contributed by atoms with E-state index in [9.17, 15) is 4.79 Å². The molecule has 0 spiro atoms. The van der Waals surface area contributed by atoms with E-state index >= 15 is 0 Å². The quantitative estimate of drug-likeness (QED) is 0.115. The second-order valence-corrected chi connectivity index (χ2v) is 11.3. The highest BCUT2D eigenvalue weighted by atomic mass is 35.5. The molecule has 0 radical (unpaired) electrons. The summed E-state index contributed by atoms with van der Waals surface area (Å²) < 4.78 is 26.2. The van der Waals surface area contributed by atoms with Gasteiger partial charge in [0.2, 0.25) is 6.73 Å². The van der Waals surface area contributed by atoms with Gasteiger partial charge in [0.15, 0.2) is 0 Å². The number of hydrogen-bond acceptors (Lipinski definition) is 7. The lowest BCUT2D eigenvalue weighted by Crippen LogP contribution is -3.00. The van der Waals surface area contributed by atoms with Crippen LogP contribution in [-0.4, -0.2) is 59.5 Å². The molecule has 0 fully saturated rings. The highest BCUT2D eigenvalue weighted by molar-refractivity contribution is 6.99. The smallest absolute Gasteiger partial charge is 0.512 e. The average Bonchev–Trinajstić information content (AvgIpc) is 3.37. The Bertz CT molecular complexity index is 777. The second kappa shape index (κ2) is 21.4. The standard InChI is InChI=1S/C29H52N3O4S.ClH/c1-4-6-8-10-11-12-13-14-15-16-18-23-35-29(33)36-25-32(3)21-19-20-26(24-32)27-28(31-37-30-27)34-22-17-9-7-5-2;/h20H,4-19,21-25H2,1-3H3;1H/q+1;/p-1. The van der Waals surface area contributed by atoms with Crippen molar-refractivity contribution in [2.75, 3.05) is 40.1 Å². The predicted molar refractivity (Wildman–Crippen MR) is 152 cm³/mol. The molecule has 1 aliphatic heterocycles. The Kier molecular flexibility index (Phi) is 19.6. The summed E-state index contributed by atoms with van der Waals surface area (Å²) in [5, 5.41) is 0. The molecule has 9 heteroatoms. The number of quaternary nitrogens is 1. The van der Waals surface area contributed by atoms with Crippen molar-refractivity contribution in [3.63, 3.8) is 0 Å². The van der Waals surface area contributed by atoms with Crippen molar-refractivity contribution in [3.8, 4) is 5.88 Å². The van der Waals surface area contributed by atoms with Gasteiger partial charge < -0.3 is 26.6 Å². The van der Waals surface area contributed by atoms with Crippen LogP contribution in [0.25, 0.3) is 5.57 Å². The molecule has 1 aromatic heterocycles. The van der Waals surface area contributed by atoms with E-state index in [-0.39, 0.29) is 12.4 Å². The summed E-state index contributed by atoms with van der Waals surface area (Å²) in [6, 6.07) is 0. The molecule has 0 saturated heterocycles. The average molecular weight is 574 g/mol. The van der Waals surface area contributed by atoms with Crippen molar-refractivity contribution in [2.45, 2.75) is 117 Å². The van der Waals surface area contributed by atoms with Crippen molar-refractivity contribution in [3.05, 3.63) is 11.8 Å². The van der Waals surface area contributed by atoms with E-state index in [0.29, 0.717) is 30.3 Å². The maximum absolute atomic E-state index is 12.2. The van der Waals surface area contributed by atoms with Crippen molar-refractivity contribution >= 4 is 23.5 Å². The molecular weight excluding hydrogens is 522 g/mol. The number of carbonyl (C=O) groups excluding carboxylic acids is 1. The van der Waals surface area contributed by atoms with Gasteiger partial charge in [-0.1, -0.05) is 103 Å². The van der Waals surface area contributed by atoms with Gasteiger partial charge in [-0.2, -0.15) is 4.37 Å². The van der Waals surface area contributed by atoms with Crippen LogP contribution in [0.5, 0.6) is 5.88 Å². The largest absolute Gasteiger partial charge is 1.00 e. The van der Waals surface area contributed by atoms with Crippen LogP contribution in [0.1, 0.15) is 122 Å². The third-order valence-electron chi connectivity index (χ3n) is 7.07. The summed E-state index contributed by atoms with van der Waals surface area (Å²) in [4.78, 5) is 12.2. The number of likely N-dealkylation sites (N-methyl/N-ethyl adjacent to an activating group) is 1. The lowest BCUT2D eigenvalue weighted by Gasteiger charge is -2.36. The molecule has 1 atom stereocenters. The summed E-state index contributed by atoms with van der Waals surface area (Å²) in [6.07, 6.45) is 21.2. The first-order valence-electron chi connectivity index (χ1n) is 14.9. The van der Waals surface area contributed by atoms with Crippen LogP contribution in [0, 0.1) is 0 Å². The Labute approximate surface area is 242 Å². The van der Waals surface area contributed by atoms with Crippen LogP contribution in [0.3, 0.4) is 0 Å². The first-order chi connectivity index (χ1) is 18.1. The molecule has 220 valence electrons. The van der Waals surface area contributed by atoms with Gasteiger partial charge >= 0.3 is 6.16 Å². The molecule has 7 nitrogen and oxygen atoms in total. The van der Waals surface area contributed by atoms with Gasteiger partial charge in [-0.25, -0.2) is 4.79 Å². The monoisotopic (exact) mass is 573 g/mol. The van der Waals surface area contributed by atoms with Crippen molar-refractivity contribution in [1.82, 2.24) is 8.75 Å². The Hall–Kier alpha value is -1.38. The van der Waals surface area contributed by atoms with E-state index in [1.54, 1.807) is 0 Å². The topological polar surface area (TPSA) is 70.5 Å². The lowest BCUT2D eigenvalue weighted by atomic mass is 10.1. The number of nitrogens with zero attached hydrogens (tertiary/aromatic N) is 3. The van der Waals surface area contributed by atoms with Gasteiger partial charge in [0.05, 0.1) is 38.5 Å². The molecule has 0 aliphatic carbocycles. The molecule has 2 heterocycles. The van der Waals surface area contributed by atoms with Gasteiger partial charge in [0.1, 0.15) is 12.2 Å². The van der Waals surface area contributed by atoms with Gasteiger partial charge in [-0.3, -0.25) is 4.48 Å². The van der Waals surface area contributed by atoms with E-state index in [2.05, 4.69) is 35.7 Å². The fourth-order valence-electron chi connectivity index (χ4n) is 4.73. The predicted octanol–water partition coefficient (Wildman–Crippen LogP) is 5.16. The van der Waals surface area contributed by atoms with Crippen LogP contribution < -0.4 is 17.1 Å². The number of halogens is 1. The van der Waals surface area contributed by atoms with Crippen molar-refractivity contribution < 1.29 is 35.9 Å². The Balaban J connectivity index is 0.00000722. The van der Waals surface area contributed by atoms with E-state index in [4.69, 9.17) is 14.2 Å². The van der Waals surface area contributed by atoms with Crippen LogP contribution >= 0.6 is 11.7 Å². The SMILES string of the molecule is CCCCCCCCCCCCCOC(=O)OC[N+]1(C)CCC=C(c2nsnc2OCCCCCC)C1.[Cl-]. The van der Waals surface area contributed by atoms with Crippen LogP contribution in [0.15, 0.2) is 6.08 Å². The molecular formula is C29H52ClN3O4S. The molecule has 0 saturated carbocycles. The third-order valence-corrected chi connectivity index (χ3v) is 7.58. The van der Waals surface area contributed by atoms with Crippen molar-refractivity contribution in [2.24, 2.45) is 0 Å². The molecule has 1 unspecified atom stereocenters. The zero-order valence-corrected chi connectivity index (χ0v) is 25.8. The van der Waals surface area contributed by atoms with E-state index < -0.39 is 6.16 Å². The van der Waals surface area contributed by atoms with E-state index in [1.807, 2.05) is 0 Å². The van der Waals surface area contributed by atoms with Crippen LogP contribution in [0.4, 0.5) is 4.79 Å². The first-order valence-corrected chi connectivity index (χ1v) is 15.6. The zero-order valence-electron chi connectivity index (χ0n) is 24.2. The number of hydrogen-bond donors (Lipinski definition) is 0.